The number of hydrogen-bond donors (Lipinski definition) is 1. The monoisotopic (exact) mass is 541 g/mol. The summed E-state index contributed by atoms with van der Waals surface area (Å²) < 4.78 is 26.2. The normalized spacial score (nSPS) is 12.2. The number of ketones is 1. The third kappa shape index (κ3) is 7.68. The molecule has 2 rings (SSSR count). The number of nitrogens with zero attached hydrogens (tertiary/aromatic N) is 2. The zero-order chi connectivity index (χ0) is 26.5. The summed E-state index contributed by atoms with van der Waals surface area (Å²) in [7, 11) is -3.92. The maximum Gasteiger partial charge on any atom is 0.244 e. The minimum absolute atomic E-state index is 0.116. The first-order chi connectivity index (χ1) is 16.2. The Morgan fingerprint density at radius 3 is 2.09 bits per heavy atom. The number of anilines is 1. The molecule has 0 spiro atoms. The number of hydrogen-bond acceptors (Lipinski definition) is 5. The minimum atomic E-state index is -3.92. The van der Waals surface area contributed by atoms with Crippen LogP contribution < -0.4 is 9.62 Å². The smallest absolute Gasteiger partial charge is 0.244 e. The minimum Gasteiger partial charge on any atom is -0.352 e. The molecule has 0 aliphatic carbocycles. The van der Waals surface area contributed by atoms with Crippen molar-refractivity contribution in [3.63, 3.8) is 0 Å². The number of Topliss-reactive ketones (excluding diaryl/α,β-unsaturated/α-hetero) is 1. The second-order valence-corrected chi connectivity index (χ2v) is 11.2. The van der Waals surface area contributed by atoms with Gasteiger partial charge in [0.1, 0.15) is 12.6 Å². The first kappa shape index (κ1) is 28.6. The van der Waals surface area contributed by atoms with Crippen LogP contribution in [-0.4, -0.2) is 55.8 Å². The standard InChI is InChI=1S/C24H29Cl2N3O5S/c1-15(2)27-24(32)16(3)28(13-20-21(25)10-7-11-22(20)26)23(31)14-29(35(5,33)34)19-9-6-8-18(12-19)17(4)30/h6-12,15-16H,13-14H2,1-5H3,(H,27,32)/t16-/m0/s1. The van der Waals surface area contributed by atoms with E-state index in [1.165, 1.54) is 30.0 Å². The van der Waals surface area contributed by atoms with Crippen molar-refractivity contribution in [1.82, 2.24) is 10.2 Å². The van der Waals surface area contributed by atoms with Crippen LogP contribution in [0.25, 0.3) is 0 Å². The summed E-state index contributed by atoms with van der Waals surface area (Å²) in [5, 5.41) is 3.37. The maximum atomic E-state index is 13.5. The average molecular weight is 542 g/mol. The van der Waals surface area contributed by atoms with Gasteiger partial charge in [-0.25, -0.2) is 8.42 Å². The number of carbonyl (C=O) groups excluding carboxylic acids is 3. The highest BCUT2D eigenvalue weighted by atomic mass is 35.5. The van der Waals surface area contributed by atoms with Gasteiger partial charge < -0.3 is 10.2 Å². The molecule has 0 aliphatic rings. The fraction of sp³-hybridized carbons (Fsp3) is 0.375. The van der Waals surface area contributed by atoms with E-state index in [0.29, 0.717) is 21.2 Å². The summed E-state index contributed by atoms with van der Waals surface area (Å²) in [6, 6.07) is 9.73. The van der Waals surface area contributed by atoms with Crippen molar-refractivity contribution in [2.45, 2.75) is 46.3 Å². The van der Waals surface area contributed by atoms with Crippen molar-refractivity contribution in [2.75, 3.05) is 17.1 Å². The summed E-state index contributed by atoms with van der Waals surface area (Å²) in [6.45, 7) is 5.77. The van der Waals surface area contributed by atoms with Crippen LogP contribution in [0.2, 0.25) is 10.0 Å². The number of benzene rings is 2. The van der Waals surface area contributed by atoms with Gasteiger partial charge >= 0.3 is 0 Å². The molecular weight excluding hydrogens is 513 g/mol. The third-order valence-electron chi connectivity index (χ3n) is 5.21. The SMILES string of the molecule is CC(=O)c1cccc(N(CC(=O)N(Cc2c(Cl)cccc2Cl)[C@@H](C)C(=O)NC(C)C)S(C)(=O)=O)c1. The van der Waals surface area contributed by atoms with Gasteiger partial charge in [0.15, 0.2) is 5.78 Å². The Bertz CT molecular complexity index is 1200. The molecule has 2 aromatic carbocycles. The van der Waals surface area contributed by atoms with Gasteiger partial charge in [0.25, 0.3) is 0 Å². The summed E-state index contributed by atoms with van der Waals surface area (Å²) in [5.41, 5.74) is 0.884. The Morgan fingerprint density at radius 2 is 1.57 bits per heavy atom. The van der Waals surface area contributed by atoms with Crippen molar-refractivity contribution >= 4 is 56.5 Å². The molecule has 2 amide bonds. The van der Waals surface area contributed by atoms with Gasteiger partial charge in [0.05, 0.1) is 11.9 Å². The number of halogens is 2. The van der Waals surface area contributed by atoms with E-state index in [0.717, 1.165) is 10.6 Å². The quantitative estimate of drug-likeness (QED) is 0.459. The van der Waals surface area contributed by atoms with Gasteiger partial charge in [0.2, 0.25) is 21.8 Å². The van der Waals surface area contributed by atoms with Crippen LogP contribution in [0.1, 0.15) is 43.6 Å². The molecule has 1 N–H and O–H groups in total. The van der Waals surface area contributed by atoms with Crippen LogP contribution in [0.15, 0.2) is 42.5 Å². The number of sulfonamides is 1. The van der Waals surface area contributed by atoms with Gasteiger partial charge in [-0.2, -0.15) is 0 Å². The van der Waals surface area contributed by atoms with Gasteiger partial charge in [0, 0.05) is 33.8 Å². The fourth-order valence-electron chi connectivity index (χ4n) is 3.34. The van der Waals surface area contributed by atoms with Crippen molar-refractivity contribution < 1.29 is 22.8 Å². The molecule has 0 aromatic heterocycles. The van der Waals surface area contributed by atoms with Gasteiger partial charge in [-0.15, -0.1) is 0 Å². The van der Waals surface area contributed by atoms with Crippen molar-refractivity contribution in [3.8, 4) is 0 Å². The Labute approximate surface area is 216 Å². The predicted molar refractivity (Wildman–Crippen MR) is 138 cm³/mol. The van der Waals surface area contributed by atoms with E-state index in [-0.39, 0.29) is 24.1 Å². The Hall–Kier alpha value is -2.62. The molecule has 0 fully saturated rings. The molecule has 0 saturated heterocycles. The lowest BCUT2D eigenvalue weighted by Crippen LogP contribution is -2.52. The summed E-state index contributed by atoms with van der Waals surface area (Å²) >= 11 is 12.6. The van der Waals surface area contributed by atoms with E-state index in [9.17, 15) is 22.8 Å². The van der Waals surface area contributed by atoms with E-state index in [2.05, 4.69) is 5.32 Å². The van der Waals surface area contributed by atoms with Crippen LogP contribution in [0.3, 0.4) is 0 Å². The van der Waals surface area contributed by atoms with Crippen LogP contribution in [-0.2, 0) is 26.2 Å². The topological polar surface area (TPSA) is 104 Å². The molecule has 0 heterocycles. The lowest BCUT2D eigenvalue weighted by molar-refractivity contribution is -0.139. The van der Waals surface area contributed by atoms with Crippen molar-refractivity contribution in [3.05, 3.63) is 63.6 Å². The molecule has 190 valence electrons. The zero-order valence-electron chi connectivity index (χ0n) is 20.2. The second-order valence-electron chi connectivity index (χ2n) is 8.44. The number of amides is 2. The molecular formula is C24H29Cl2N3O5S. The Kier molecular flexibility index (Phi) is 9.71. The summed E-state index contributed by atoms with van der Waals surface area (Å²) in [5.74, 6) is -1.31. The molecule has 0 aliphatic heterocycles. The van der Waals surface area contributed by atoms with Crippen molar-refractivity contribution in [2.24, 2.45) is 0 Å². The highest BCUT2D eigenvalue weighted by molar-refractivity contribution is 7.92. The lowest BCUT2D eigenvalue weighted by Gasteiger charge is -2.32. The van der Waals surface area contributed by atoms with E-state index in [1.54, 1.807) is 45.0 Å². The largest absolute Gasteiger partial charge is 0.352 e. The summed E-state index contributed by atoms with van der Waals surface area (Å²) in [4.78, 5) is 39.4. The Morgan fingerprint density at radius 1 is 1.00 bits per heavy atom. The van der Waals surface area contributed by atoms with E-state index in [1.807, 2.05) is 0 Å². The van der Waals surface area contributed by atoms with Crippen LogP contribution in [0, 0.1) is 0 Å². The summed E-state index contributed by atoms with van der Waals surface area (Å²) in [6.07, 6.45) is 0.963. The molecule has 8 nitrogen and oxygen atoms in total. The molecule has 0 bridgehead atoms. The first-order valence-electron chi connectivity index (χ1n) is 10.8. The van der Waals surface area contributed by atoms with Gasteiger partial charge in [-0.1, -0.05) is 41.4 Å². The molecule has 2 aromatic rings. The lowest BCUT2D eigenvalue weighted by atomic mass is 10.1. The molecule has 35 heavy (non-hydrogen) atoms. The number of nitrogens with one attached hydrogen (secondary N) is 1. The number of carbonyl (C=O) groups is 3. The molecule has 1 atom stereocenters. The average Bonchev–Trinajstić information content (AvgIpc) is 2.75. The predicted octanol–water partition coefficient (Wildman–Crippen LogP) is 3.90. The van der Waals surface area contributed by atoms with Crippen LogP contribution in [0.4, 0.5) is 5.69 Å². The fourth-order valence-corrected chi connectivity index (χ4v) is 4.69. The Balaban J connectivity index is 2.49. The highest BCUT2D eigenvalue weighted by Gasteiger charge is 2.31. The maximum absolute atomic E-state index is 13.5. The van der Waals surface area contributed by atoms with Gasteiger partial charge in [-0.05, 0) is 52.0 Å². The highest BCUT2D eigenvalue weighted by Crippen LogP contribution is 2.27. The van der Waals surface area contributed by atoms with E-state index in [4.69, 9.17) is 23.2 Å². The van der Waals surface area contributed by atoms with Crippen molar-refractivity contribution in [1.29, 1.82) is 0 Å². The van der Waals surface area contributed by atoms with E-state index < -0.39 is 34.4 Å². The molecule has 11 heteroatoms. The zero-order valence-corrected chi connectivity index (χ0v) is 22.5. The molecule has 0 radical (unpaired) electrons. The third-order valence-corrected chi connectivity index (χ3v) is 7.06. The first-order valence-corrected chi connectivity index (χ1v) is 13.4. The van der Waals surface area contributed by atoms with Gasteiger partial charge in [-0.3, -0.25) is 18.7 Å². The van der Waals surface area contributed by atoms with Crippen LogP contribution >= 0.6 is 23.2 Å². The second kappa shape index (κ2) is 11.9. The van der Waals surface area contributed by atoms with E-state index >= 15 is 0 Å². The molecule has 0 saturated carbocycles. The number of rotatable bonds is 10. The van der Waals surface area contributed by atoms with Crippen LogP contribution in [0.5, 0.6) is 0 Å². The molecule has 0 unspecified atom stereocenters.